The lowest BCUT2D eigenvalue weighted by atomic mass is 10.1. The van der Waals surface area contributed by atoms with Crippen LogP contribution in [0.2, 0.25) is 4.34 Å². The number of thiophene rings is 1. The minimum atomic E-state index is -0.423. The van der Waals surface area contributed by atoms with Gasteiger partial charge in [-0.15, -0.1) is 11.3 Å². The number of aliphatic imine (C=N–C) groups is 1. The summed E-state index contributed by atoms with van der Waals surface area (Å²) >= 11 is 7.07. The molecule has 4 rings (SSSR count). The summed E-state index contributed by atoms with van der Waals surface area (Å²) in [6, 6.07) is 11.4. The van der Waals surface area contributed by atoms with Crippen molar-refractivity contribution in [2.45, 2.75) is 44.2 Å². The molecule has 0 spiro atoms. The number of carbonyl (C=O) groups excluding carboxylic acids is 2. The van der Waals surface area contributed by atoms with Gasteiger partial charge in [0.1, 0.15) is 6.10 Å². The predicted octanol–water partition coefficient (Wildman–Crippen LogP) is 4.00. The Bertz CT molecular complexity index is 969. The molecule has 7 nitrogen and oxygen atoms in total. The Balaban J connectivity index is 1.30. The normalized spacial score (nSPS) is 19.6. The Kier molecular flexibility index (Phi) is 6.77. The number of halogens is 1. The van der Waals surface area contributed by atoms with E-state index in [2.05, 4.69) is 10.3 Å². The first kappa shape index (κ1) is 21.6. The third-order valence-corrected chi connectivity index (χ3v) is 6.70. The molecular formula is C22H25ClN4O3S. The first-order valence-corrected chi connectivity index (χ1v) is 11.6. The van der Waals surface area contributed by atoms with Gasteiger partial charge in [-0.05, 0) is 42.7 Å². The van der Waals surface area contributed by atoms with Crippen LogP contribution in [0.1, 0.15) is 40.9 Å². The number of nitrogens with zero attached hydrogens (tertiary/aromatic N) is 2. The minimum absolute atomic E-state index is 0.229. The predicted molar refractivity (Wildman–Crippen MR) is 123 cm³/mol. The van der Waals surface area contributed by atoms with E-state index in [0.29, 0.717) is 34.1 Å². The highest BCUT2D eigenvalue weighted by Gasteiger charge is 2.32. The van der Waals surface area contributed by atoms with Crippen LogP contribution in [-0.4, -0.2) is 43.1 Å². The molecule has 2 aromatic rings. The molecule has 2 fully saturated rings. The number of nitrogens with one attached hydrogen (secondary N) is 1. The van der Waals surface area contributed by atoms with Gasteiger partial charge in [0.2, 0.25) is 0 Å². The molecule has 164 valence electrons. The number of hydrogen-bond donors (Lipinski definition) is 2. The minimum Gasteiger partial charge on any atom is -0.442 e. The molecule has 1 aromatic heterocycles. The van der Waals surface area contributed by atoms with Crippen LogP contribution in [0, 0.1) is 0 Å². The van der Waals surface area contributed by atoms with Crippen molar-refractivity contribution in [2.75, 3.05) is 18.0 Å². The number of rotatable bonds is 7. The summed E-state index contributed by atoms with van der Waals surface area (Å²) in [6.07, 6.45) is 4.47. The molecule has 1 aliphatic carbocycles. The average Bonchev–Trinajstić information content (AvgIpc) is 3.49. The zero-order valence-electron chi connectivity index (χ0n) is 17.1. The van der Waals surface area contributed by atoms with Gasteiger partial charge in [0.15, 0.2) is 0 Å². The van der Waals surface area contributed by atoms with E-state index in [0.717, 1.165) is 24.1 Å². The van der Waals surface area contributed by atoms with Crippen LogP contribution in [-0.2, 0) is 11.2 Å². The van der Waals surface area contributed by atoms with E-state index in [4.69, 9.17) is 22.1 Å². The molecule has 1 saturated heterocycles. The first-order chi connectivity index (χ1) is 15.0. The highest BCUT2D eigenvalue weighted by atomic mass is 35.5. The van der Waals surface area contributed by atoms with Gasteiger partial charge in [-0.1, -0.05) is 36.6 Å². The van der Waals surface area contributed by atoms with Crippen LogP contribution < -0.4 is 16.0 Å². The molecule has 2 amide bonds. The van der Waals surface area contributed by atoms with Crippen molar-refractivity contribution < 1.29 is 14.3 Å². The van der Waals surface area contributed by atoms with Crippen LogP contribution in [0.3, 0.4) is 0 Å². The van der Waals surface area contributed by atoms with Crippen molar-refractivity contribution in [1.29, 1.82) is 0 Å². The number of amidine groups is 1. The van der Waals surface area contributed by atoms with Crippen molar-refractivity contribution in [3.8, 4) is 0 Å². The van der Waals surface area contributed by atoms with E-state index in [1.807, 2.05) is 24.3 Å². The molecule has 1 saturated carbocycles. The Morgan fingerprint density at radius 3 is 2.65 bits per heavy atom. The lowest BCUT2D eigenvalue weighted by Crippen LogP contribution is -2.34. The van der Waals surface area contributed by atoms with Gasteiger partial charge in [-0.25, -0.2) is 4.79 Å². The molecule has 31 heavy (non-hydrogen) atoms. The van der Waals surface area contributed by atoms with Gasteiger partial charge >= 0.3 is 6.09 Å². The molecule has 2 aliphatic rings. The summed E-state index contributed by atoms with van der Waals surface area (Å²) in [5, 5.41) is 2.79. The standard InChI is InChI=1S/C22H25ClN4O3S/c23-19-10-9-18(31-19)21(28)25-12-17-13-27(22(29)30-17)16-7-5-14(6-8-16)11-20(24)26-15-3-1-2-4-15/h5-10,15,17H,1-4,11-13H2,(H2,24,26)(H,25,28). The maximum absolute atomic E-state index is 12.3. The van der Waals surface area contributed by atoms with E-state index in [9.17, 15) is 9.59 Å². The van der Waals surface area contributed by atoms with Crippen molar-refractivity contribution in [3.05, 3.63) is 51.2 Å². The average molecular weight is 461 g/mol. The van der Waals surface area contributed by atoms with E-state index < -0.39 is 12.2 Å². The number of cyclic esters (lactones) is 1. The Labute approximate surface area is 190 Å². The molecule has 2 heterocycles. The second-order valence-electron chi connectivity index (χ2n) is 7.83. The fourth-order valence-corrected chi connectivity index (χ4v) is 4.84. The zero-order chi connectivity index (χ0) is 21.8. The van der Waals surface area contributed by atoms with Crippen molar-refractivity contribution in [3.63, 3.8) is 0 Å². The number of nitrogens with two attached hydrogens (primary N) is 1. The first-order valence-electron chi connectivity index (χ1n) is 10.4. The van der Waals surface area contributed by atoms with Gasteiger partial charge in [0.25, 0.3) is 5.91 Å². The van der Waals surface area contributed by atoms with E-state index in [1.54, 1.807) is 17.0 Å². The lowest BCUT2D eigenvalue weighted by molar-refractivity contribution is 0.0920. The van der Waals surface area contributed by atoms with E-state index in [-0.39, 0.29) is 12.5 Å². The molecule has 3 N–H and O–H groups in total. The molecule has 1 unspecified atom stereocenters. The summed E-state index contributed by atoms with van der Waals surface area (Å²) in [5.74, 6) is 0.427. The van der Waals surface area contributed by atoms with Crippen molar-refractivity contribution in [2.24, 2.45) is 10.7 Å². The molecule has 0 bridgehead atoms. The summed E-state index contributed by atoms with van der Waals surface area (Å²) < 4.78 is 5.95. The number of amides is 2. The van der Waals surface area contributed by atoms with Crippen molar-refractivity contribution >= 4 is 46.5 Å². The summed E-state index contributed by atoms with van der Waals surface area (Å²) in [7, 11) is 0. The van der Waals surface area contributed by atoms with Crippen molar-refractivity contribution in [1.82, 2.24) is 5.32 Å². The maximum atomic E-state index is 12.3. The van der Waals surface area contributed by atoms with Crippen LogP contribution in [0.5, 0.6) is 0 Å². The van der Waals surface area contributed by atoms with Crippen LogP contribution >= 0.6 is 22.9 Å². The second kappa shape index (κ2) is 9.70. The summed E-state index contributed by atoms with van der Waals surface area (Å²) in [6.45, 7) is 0.609. The molecule has 9 heteroatoms. The summed E-state index contributed by atoms with van der Waals surface area (Å²) in [4.78, 5) is 31.2. The van der Waals surface area contributed by atoms with Crippen LogP contribution in [0.15, 0.2) is 41.4 Å². The smallest absolute Gasteiger partial charge is 0.414 e. The fraction of sp³-hybridized carbons (Fsp3) is 0.409. The Morgan fingerprint density at radius 1 is 1.23 bits per heavy atom. The van der Waals surface area contributed by atoms with Gasteiger partial charge in [-0.2, -0.15) is 0 Å². The van der Waals surface area contributed by atoms with Crippen LogP contribution in [0.25, 0.3) is 0 Å². The zero-order valence-corrected chi connectivity index (χ0v) is 18.6. The lowest BCUT2D eigenvalue weighted by Gasteiger charge is -2.14. The fourth-order valence-electron chi connectivity index (χ4n) is 3.89. The number of benzene rings is 1. The monoisotopic (exact) mass is 460 g/mol. The highest BCUT2D eigenvalue weighted by Crippen LogP contribution is 2.24. The molecule has 1 aromatic carbocycles. The Hall–Kier alpha value is -2.58. The number of ether oxygens (including phenoxy) is 1. The third-order valence-electron chi connectivity index (χ3n) is 5.47. The maximum Gasteiger partial charge on any atom is 0.414 e. The van der Waals surface area contributed by atoms with Gasteiger partial charge in [0.05, 0.1) is 34.2 Å². The number of hydrogen-bond acceptors (Lipinski definition) is 5. The van der Waals surface area contributed by atoms with E-state index in [1.165, 1.54) is 24.2 Å². The molecule has 1 atom stereocenters. The third kappa shape index (κ3) is 5.57. The SMILES string of the molecule is NC(Cc1ccc(N2CC(CNC(=O)c3ccc(Cl)s3)OC2=O)cc1)=NC1CCCC1. The number of anilines is 1. The largest absolute Gasteiger partial charge is 0.442 e. The second-order valence-corrected chi connectivity index (χ2v) is 9.55. The quantitative estimate of drug-likeness (QED) is 0.482. The number of carbonyl (C=O) groups is 2. The molecule has 0 radical (unpaired) electrons. The van der Waals surface area contributed by atoms with Gasteiger partial charge in [-0.3, -0.25) is 14.7 Å². The van der Waals surface area contributed by atoms with Gasteiger partial charge in [0, 0.05) is 12.1 Å². The molecule has 1 aliphatic heterocycles. The Morgan fingerprint density at radius 2 is 1.97 bits per heavy atom. The topological polar surface area (TPSA) is 97.0 Å². The summed E-state index contributed by atoms with van der Waals surface area (Å²) in [5.41, 5.74) is 7.91. The highest BCUT2D eigenvalue weighted by molar-refractivity contribution is 7.18. The van der Waals surface area contributed by atoms with E-state index >= 15 is 0 Å². The van der Waals surface area contributed by atoms with Crippen LogP contribution in [0.4, 0.5) is 10.5 Å². The van der Waals surface area contributed by atoms with Gasteiger partial charge < -0.3 is 15.8 Å². The molecular weight excluding hydrogens is 436 g/mol.